The lowest BCUT2D eigenvalue weighted by atomic mass is 9.76. The van der Waals surface area contributed by atoms with Crippen molar-refractivity contribution in [3.63, 3.8) is 0 Å². The lowest BCUT2D eigenvalue weighted by molar-refractivity contribution is 0.226. The van der Waals surface area contributed by atoms with Crippen LogP contribution in [-0.2, 0) is 6.42 Å². The molecule has 1 saturated heterocycles. The summed E-state index contributed by atoms with van der Waals surface area (Å²) in [5.74, 6) is 0.442. The van der Waals surface area contributed by atoms with Crippen molar-refractivity contribution in [1.82, 2.24) is 5.32 Å². The van der Waals surface area contributed by atoms with E-state index in [1.165, 1.54) is 12.8 Å². The van der Waals surface area contributed by atoms with E-state index in [1.54, 1.807) is 6.07 Å². The maximum atomic E-state index is 9.74. The first-order valence-electron chi connectivity index (χ1n) is 5.67. The zero-order valence-electron chi connectivity index (χ0n) is 9.29. The maximum Gasteiger partial charge on any atom is 0.118 e. The number of hydrogen-bond acceptors (Lipinski definition) is 2. The summed E-state index contributed by atoms with van der Waals surface area (Å²) in [5, 5.41) is 13.1. The van der Waals surface area contributed by atoms with Crippen LogP contribution in [0.2, 0.25) is 0 Å². The van der Waals surface area contributed by atoms with Crippen LogP contribution in [0, 0.1) is 5.41 Å². The van der Waals surface area contributed by atoms with Crippen molar-refractivity contribution in [2.75, 3.05) is 13.1 Å². The van der Waals surface area contributed by atoms with Crippen molar-refractivity contribution in [3.8, 4) is 5.75 Å². The SMILES string of the molecule is CC1(Cc2ccccc2O)CCNCC1. The summed E-state index contributed by atoms with van der Waals surface area (Å²) in [7, 11) is 0. The van der Waals surface area contributed by atoms with Gasteiger partial charge in [-0.1, -0.05) is 25.1 Å². The largest absolute Gasteiger partial charge is 0.508 e. The Morgan fingerprint density at radius 2 is 1.93 bits per heavy atom. The molecule has 1 fully saturated rings. The molecule has 2 nitrogen and oxygen atoms in total. The van der Waals surface area contributed by atoms with E-state index >= 15 is 0 Å². The summed E-state index contributed by atoms with van der Waals surface area (Å²) in [6.45, 7) is 4.52. The van der Waals surface area contributed by atoms with Gasteiger partial charge in [0.1, 0.15) is 5.75 Å². The predicted molar refractivity (Wildman–Crippen MR) is 62.0 cm³/mol. The van der Waals surface area contributed by atoms with Crippen molar-refractivity contribution in [3.05, 3.63) is 29.8 Å². The van der Waals surface area contributed by atoms with Crippen LogP contribution in [0.1, 0.15) is 25.3 Å². The summed E-state index contributed by atoms with van der Waals surface area (Å²) in [6.07, 6.45) is 3.38. The fourth-order valence-corrected chi connectivity index (χ4v) is 2.33. The summed E-state index contributed by atoms with van der Waals surface area (Å²) >= 11 is 0. The Labute approximate surface area is 91.3 Å². The first kappa shape index (κ1) is 10.5. The first-order chi connectivity index (χ1) is 7.20. The highest BCUT2D eigenvalue weighted by Gasteiger charge is 2.27. The number of para-hydroxylation sites is 1. The smallest absolute Gasteiger partial charge is 0.118 e. The Morgan fingerprint density at radius 3 is 2.60 bits per heavy atom. The van der Waals surface area contributed by atoms with Crippen LogP contribution in [0.25, 0.3) is 0 Å². The molecular formula is C13H19NO. The molecule has 0 radical (unpaired) electrons. The van der Waals surface area contributed by atoms with Gasteiger partial charge in [0.05, 0.1) is 0 Å². The summed E-state index contributed by atoms with van der Waals surface area (Å²) in [6, 6.07) is 7.69. The fourth-order valence-electron chi connectivity index (χ4n) is 2.33. The van der Waals surface area contributed by atoms with Gasteiger partial charge in [-0.2, -0.15) is 0 Å². The minimum Gasteiger partial charge on any atom is -0.508 e. The Morgan fingerprint density at radius 1 is 1.27 bits per heavy atom. The van der Waals surface area contributed by atoms with Gasteiger partial charge in [0, 0.05) is 0 Å². The molecule has 1 aromatic carbocycles. The Balaban J connectivity index is 2.10. The zero-order chi connectivity index (χ0) is 10.7. The Hall–Kier alpha value is -1.02. The van der Waals surface area contributed by atoms with E-state index in [1.807, 2.05) is 18.2 Å². The van der Waals surface area contributed by atoms with Gasteiger partial charge in [-0.3, -0.25) is 0 Å². The number of phenolic OH excluding ortho intramolecular Hbond substituents is 1. The van der Waals surface area contributed by atoms with Crippen LogP contribution in [0.5, 0.6) is 5.75 Å². The lowest BCUT2D eigenvalue weighted by Crippen LogP contribution is -2.36. The van der Waals surface area contributed by atoms with Crippen LogP contribution >= 0.6 is 0 Å². The normalized spacial score (nSPS) is 20.1. The average Bonchev–Trinajstić information content (AvgIpc) is 2.22. The third-order valence-corrected chi connectivity index (χ3v) is 3.42. The van der Waals surface area contributed by atoms with E-state index in [4.69, 9.17) is 0 Å². The van der Waals surface area contributed by atoms with Gasteiger partial charge in [-0.15, -0.1) is 0 Å². The van der Waals surface area contributed by atoms with Crippen LogP contribution in [0.15, 0.2) is 24.3 Å². The van der Waals surface area contributed by atoms with Crippen LogP contribution in [-0.4, -0.2) is 18.2 Å². The second-order valence-corrected chi connectivity index (χ2v) is 4.87. The van der Waals surface area contributed by atoms with Gasteiger partial charge in [0.25, 0.3) is 0 Å². The topological polar surface area (TPSA) is 32.3 Å². The van der Waals surface area contributed by atoms with E-state index in [-0.39, 0.29) is 0 Å². The molecule has 0 atom stereocenters. The molecule has 0 amide bonds. The number of benzene rings is 1. The van der Waals surface area contributed by atoms with Crippen molar-refractivity contribution >= 4 is 0 Å². The van der Waals surface area contributed by atoms with E-state index < -0.39 is 0 Å². The first-order valence-corrected chi connectivity index (χ1v) is 5.67. The Kier molecular flexibility index (Phi) is 2.96. The van der Waals surface area contributed by atoms with Gasteiger partial charge in [0.15, 0.2) is 0 Å². The molecule has 15 heavy (non-hydrogen) atoms. The summed E-state index contributed by atoms with van der Waals surface area (Å²) in [5.41, 5.74) is 1.44. The third kappa shape index (κ3) is 2.51. The quantitative estimate of drug-likeness (QED) is 0.776. The van der Waals surface area contributed by atoms with Crippen molar-refractivity contribution in [1.29, 1.82) is 0 Å². The molecular weight excluding hydrogens is 186 g/mol. The molecule has 0 aliphatic carbocycles. The molecule has 2 heteroatoms. The van der Waals surface area contributed by atoms with Gasteiger partial charge in [-0.25, -0.2) is 0 Å². The molecule has 0 saturated carbocycles. The zero-order valence-corrected chi connectivity index (χ0v) is 9.29. The standard InChI is InChI=1S/C13H19NO/c1-13(6-8-14-9-7-13)10-11-4-2-3-5-12(11)15/h2-5,14-15H,6-10H2,1H3. The fraction of sp³-hybridized carbons (Fsp3) is 0.538. The number of hydrogen-bond donors (Lipinski definition) is 2. The van der Waals surface area contributed by atoms with Crippen LogP contribution in [0.4, 0.5) is 0 Å². The maximum absolute atomic E-state index is 9.74. The lowest BCUT2D eigenvalue weighted by Gasteiger charge is -2.34. The molecule has 1 aromatic rings. The molecule has 0 unspecified atom stereocenters. The molecule has 2 N–H and O–H groups in total. The number of rotatable bonds is 2. The van der Waals surface area contributed by atoms with Gasteiger partial charge < -0.3 is 10.4 Å². The van der Waals surface area contributed by atoms with Crippen LogP contribution in [0.3, 0.4) is 0 Å². The molecule has 82 valence electrons. The van der Waals surface area contributed by atoms with Gasteiger partial charge in [0.2, 0.25) is 0 Å². The monoisotopic (exact) mass is 205 g/mol. The summed E-state index contributed by atoms with van der Waals surface area (Å²) in [4.78, 5) is 0. The second kappa shape index (κ2) is 4.23. The molecule has 0 spiro atoms. The molecule has 0 aromatic heterocycles. The highest BCUT2D eigenvalue weighted by Crippen LogP contribution is 2.34. The molecule has 1 aliphatic heterocycles. The summed E-state index contributed by atoms with van der Waals surface area (Å²) < 4.78 is 0. The third-order valence-electron chi connectivity index (χ3n) is 3.42. The van der Waals surface area contributed by atoms with Crippen molar-refractivity contribution in [2.45, 2.75) is 26.2 Å². The van der Waals surface area contributed by atoms with Gasteiger partial charge in [-0.05, 0) is 49.4 Å². The van der Waals surface area contributed by atoms with E-state index in [0.717, 1.165) is 25.1 Å². The average molecular weight is 205 g/mol. The van der Waals surface area contributed by atoms with Gasteiger partial charge >= 0.3 is 0 Å². The number of phenols is 1. The van der Waals surface area contributed by atoms with Crippen molar-refractivity contribution < 1.29 is 5.11 Å². The minimum absolute atomic E-state index is 0.351. The second-order valence-electron chi connectivity index (χ2n) is 4.87. The van der Waals surface area contributed by atoms with Crippen LogP contribution < -0.4 is 5.32 Å². The van der Waals surface area contributed by atoms with Crippen molar-refractivity contribution in [2.24, 2.45) is 5.41 Å². The number of piperidine rings is 1. The highest BCUT2D eigenvalue weighted by molar-refractivity contribution is 5.32. The molecule has 1 heterocycles. The molecule has 2 rings (SSSR count). The number of aromatic hydroxyl groups is 1. The van der Waals surface area contributed by atoms with E-state index in [2.05, 4.69) is 12.2 Å². The van der Waals surface area contributed by atoms with E-state index in [0.29, 0.717) is 11.2 Å². The Bertz CT molecular complexity index is 329. The number of nitrogens with one attached hydrogen (secondary N) is 1. The minimum atomic E-state index is 0.351. The predicted octanol–water partition coefficient (Wildman–Crippen LogP) is 2.32. The molecule has 0 bridgehead atoms. The van der Waals surface area contributed by atoms with E-state index in [9.17, 15) is 5.11 Å². The highest BCUT2D eigenvalue weighted by atomic mass is 16.3. The molecule has 1 aliphatic rings.